The van der Waals surface area contributed by atoms with Crippen molar-refractivity contribution >= 4 is 23.1 Å². The SMILES string of the molecule is CN1C(=O)COc2ccc(-c3ccnc(Nc4cccc(C#N)c4)c3)cc21. The van der Waals surface area contributed by atoms with Crippen LogP contribution in [-0.2, 0) is 4.79 Å². The van der Waals surface area contributed by atoms with E-state index in [2.05, 4.69) is 16.4 Å². The third kappa shape index (κ3) is 3.31. The largest absolute Gasteiger partial charge is 0.482 e. The first kappa shape index (κ1) is 16.6. The van der Waals surface area contributed by atoms with Gasteiger partial charge in [0.1, 0.15) is 11.6 Å². The van der Waals surface area contributed by atoms with Crippen LogP contribution in [0.1, 0.15) is 5.56 Å². The van der Waals surface area contributed by atoms with Gasteiger partial charge in [-0.25, -0.2) is 4.98 Å². The molecule has 2 aromatic carbocycles. The average Bonchev–Trinajstić information content (AvgIpc) is 2.71. The van der Waals surface area contributed by atoms with E-state index < -0.39 is 0 Å². The fraction of sp³-hybridized carbons (Fsp3) is 0.0952. The highest BCUT2D eigenvalue weighted by Crippen LogP contribution is 2.35. The molecule has 6 heteroatoms. The van der Waals surface area contributed by atoms with E-state index in [4.69, 9.17) is 10.00 Å². The van der Waals surface area contributed by atoms with Gasteiger partial charge in [0.25, 0.3) is 5.91 Å². The van der Waals surface area contributed by atoms with Crippen LogP contribution in [0, 0.1) is 11.3 Å². The standard InChI is InChI=1S/C21H16N4O2/c1-25-18-10-15(5-6-19(18)27-13-21(25)26)16-7-8-23-20(11-16)24-17-4-2-3-14(9-17)12-22/h2-11H,13H2,1H3,(H,23,24). The van der Waals surface area contributed by atoms with E-state index in [0.717, 1.165) is 22.5 Å². The van der Waals surface area contributed by atoms with Crippen molar-refractivity contribution in [1.82, 2.24) is 4.98 Å². The van der Waals surface area contributed by atoms with Gasteiger partial charge in [0.05, 0.1) is 17.3 Å². The van der Waals surface area contributed by atoms with Crippen molar-refractivity contribution in [2.75, 3.05) is 23.9 Å². The van der Waals surface area contributed by atoms with Crippen LogP contribution in [0.2, 0.25) is 0 Å². The molecule has 27 heavy (non-hydrogen) atoms. The van der Waals surface area contributed by atoms with Gasteiger partial charge < -0.3 is 15.0 Å². The van der Waals surface area contributed by atoms with Crippen molar-refractivity contribution in [2.24, 2.45) is 0 Å². The number of carbonyl (C=O) groups is 1. The molecule has 6 nitrogen and oxygen atoms in total. The molecule has 0 saturated carbocycles. The second kappa shape index (κ2) is 6.81. The highest BCUT2D eigenvalue weighted by molar-refractivity contribution is 5.98. The summed E-state index contributed by atoms with van der Waals surface area (Å²) in [7, 11) is 1.75. The fourth-order valence-corrected chi connectivity index (χ4v) is 2.94. The lowest BCUT2D eigenvalue weighted by Crippen LogP contribution is -2.35. The minimum Gasteiger partial charge on any atom is -0.482 e. The zero-order valence-electron chi connectivity index (χ0n) is 14.6. The summed E-state index contributed by atoms with van der Waals surface area (Å²) in [6, 6.07) is 18.9. The number of rotatable bonds is 3. The van der Waals surface area contributed by atoms with Crippen molar-refractivity contribution in [2.45, 2.75) is 0 Å². The predicted octanol–water partition coefficient (Wildman–Crippen LogP) is 3.72. The van der Waals surface area contributed by atoms with Gasteiger partial charge in [0.15, 0.2) is 6.61 Å². The van der Waals surface area contributed by atoms with Gasteiger partial charge in [0.2, 0.25) is 0 Å². The number of ether oxygens (including phenoxy) is 1. The van der Waals surface area contributed by atoms with Crippen LogP contribution in [-0.4, -0.2) is 24.5 Å². The lowest BCUT2D eigenvalue weighted by atomic mass is 10.0. The van der Waals surface area contributed by atoms with Gasteiger partial charge in [-0.1, -0.05) is 12.1 Å². The Balaban J connectivity index is 1.65. The molecular formula is C21H16N4O2. The summed E-state index contributed by atoms with van der Waals surface area (Å²) in [5.74, 6) is 1.29. The van der Waals surface area contributed by atoms with E-state index in [1.807, 2.05) is 42.5 Å². The van der Waals surface area contributed by atoms with Gasteiger partial charge in [-0.2, -0.15) is 5.26 Å². The number of nitriles is 1. The van der Waals surface area contributed by atoms with Gasteiger partial charge in [0, 0.05) is 18.9 Å². The third-order valence-electron chi connectivity index (χ3n) is 4.40. The van der Waals surface area contributed by atoms with Gasteiger partial charge in [-0.15, -0.1) is 0 Å². The molecule has 1 aromatic heterocycles. The smallest absolute Gasteiger partial charge is 0.264 e. The first-order chi connectivity index (χ1) is 13.1. The van der Waals surface area contributed by atoms with Crippen LogP contribution in [0.25, 0.3) is 11.1 Å². The molecule has 0 aliphatic carbocycles. The minimum atomic E-state index is -0.0749. The molecule has 132 valence electrons. The summed E-state index contributed by atoms with van der Waals surface area (Å²) in [6.07, 6.45) is 1.72. The molecule has 0 spiro atoms. The molecule has 1 aliphatic rings. The molecule has 1 N–H and O–H groups in total. The molecular weight excluding hydrogens is 340 g/mol. The van der Waals surface area contributed by atoms with Gasteiger partial charge in [-0.05, 0) is 53.6 Å². The van der Waals surface area contributed by atoms with E-state index in [0.29, 0.717) is 17.1 Å². The Morgan fingerprint density at radius 3 is 2.85 bits per heavy atom. The van der Waals surface area contributed by atoms with E-state index >= 15 is 0 Å². The van der Waals surface area contributed by atoms with Crippen molar-refractivity contribution in [3.8, 4) is 22.9 Å². The lowest BCUT2D eigenvalue weighted by Gasteiger charge is -2.26. The molecule has 0 fully saturated rings. The number of nitrogens with zero attached hydrogens (tertiary/aromatic N) is 3. The summed E-state index contributed by atoms with van der Waals surface area (Å²) in [6.45, 7) is 0.0634. The second-order valence-electron chi connectivity index (χ2n) is 6.17. The molecule has 0 radical (unpaired) electrons. The van der Waals surface area contributed by atoms with E-state index in [1.165, 1.54) is 0 Å². The van der Waals surface area contributed by atoms with Crippen LogP contribution in [0.15, 0.2) is 60.8 Å². The number of anilines is 3. The van der Waals surface area contributed by atoms with Crippen LogP contribution in [0.5, 0.6) is 5.75 Å². The summed E-state index contributed by atoms with van der Waals surface area (Å²) < 4.78 is 5.48. The Labute approximate surface area is 156 Å². The summed E-state index contributed by atoms with van der Waals surface area (Å²) in [4.78, 5) is 17.8. The first-order valence-corrected chi connectivity index (χ1v) is 8.41. The second-order valence-corrected chi connectivity index (χ2v) is 6.17. The van der Waals surface area contributed by atoms with E-state index in [1.54, 1.807) is 30.3 Å². The third-order valence-corrected chi connectivity index (χ3v) is 4.40. The maximum Gasteiger partial charge on any atom is 0.264 e. The Morgan fingerprint density at radius 2 is 2.00 bits per heavy atom. The van der Waals surface area contributed by atoms with Gasteiger partial charge in [-0.3, -0.25) is 4.79 Å². The maximum absolute atomic E-state index is 11.9. The lowest BCUT2D eigenvalue weighted by molar-refractivity contribution is -0.120. The Bertz CT molecular complexity index is 1070. The molecule has 2 heterocycles. The van der Waals surface area contributed by atoms with Crippen molar-refractivity contribution in [3.05, 3.63) is 66.4 Å². The zero-order valence-corrected chi connectivity index (χ0v) is 14.6. The van der Waals surface area contributed by atoms with Crippen molar-refractivity contribution in [3.63, 3.8) is 0 Å². The molecule has 1 amide bonds. The molecule has 0 atom stereocenters. The fourth-order valence-electron chi connectivity index (χ4n) is 2.94. The Kier molecular flexibility index (Phi) is 4.19. The highest BCUT2D eigenvalue weighted by Gasteiger charge is 2.22. The summed E-state index contributed by atoms with van der Waals surface area (Å²) >= 11 is 0. The number of hydrogen-bond donors (Lipinski definition) is 1. The molecule has 0 unspecified atom stereocenters. The van der Waals surface area contributed by atoms with Gasteiger partial charge >= 0.3 is 0 Å². The molecule has 0 saturated heterocycles. The number of hydrogen-bond acceptors (Lipinski definition) is 5. The number of aromatic nitrogens is 1. The number of fused-ring (bicyclic) bond motifs is 1. The summed E-state index contributed by atoms with van der Waals surface area (Å²) in [5.41, 5.74) is 4.03. The normalized spacial score (nSPS) is 12.7. The number of carbonyl (C=O) groups excluding carboxylic acids is 1. The number of nitrogens with one attached hydrogen (secondary N) is 1. The minimum absolute atomic E-state index is 0.0634. The summed E-state index contributed by atoms with van der Waals surface area (Å²) in [5, 5.41) is 12.2. The topological polar surface area (TPSA) is 78.2 Å². The number of benzene rings is 2. The molecule has 1 aliphatic heterocycles. The van der Waals surface area contributed by atoms with Crippen molar-refractivity contribution < 1.29 is 9.53 Å². The van der Waals surface area contributed by atoms with Crippen molar-refractivity contribution in [1.29, 1.82) is 5.26 Å². The number of pyridine rings is 1. The quantitative estimate of drug-likeness (QED) is 0.774. The molecule has 3 aromatic rings. The van der Waals surface area contributed by atoms with Crippen LogP contribution in [0.3, 0.4) is 0 Å². The number of amides is 1. The van der Waals surface area contributed by atoms with Crippen LogP contribution >= 0.6 is 0 Å². The van der Waals surface area contributed by atoms with E-state index in [9.17, 15) is 4.79 Å². The van der Waals surface area contributed by atoms with E-state index in [-0.39, 0.29) is 12.5 Å². The predicted molar refractivity (Wildman–Crippen MR) is 103 cm³/mol. The highest BCUT2D eigenvalue weighted by atomic mass is 16.5. The average molecular weight is 356 g/mol. The Hall–Kier alpha value is -3.85. The maximum atomic E-state index is 11.9. The monoisotopic (exact) mass is 356 g/mol. The number of likely N-dealkylation sites (N-methyl/N-ethyl adjacent to an activating group) is 1. The zero-order chi connectivity index (χ0) is 18.8. The molecule has 4 rings (SSSR count). The van der Waals surface area contributed by atoms with Crippen LogP contribution in [0.4, 0.5) is 17.2 Å². The van der Waals surface area contributed by atoms with Crippen LogP contribution < -0.4 is 15.0 Å². The molecule has 0 bridgehead atoms. The first-order valence-electron chi connectivity index (χ1n) is 8.41. The Morgan fingerprint density at radius 1 is 1.15 bits per heavy atom.